The molecule has 0 radical (unpaired) electrons. The van der Waals surface area contributed by atoms with Crippen LogP contribution in [0.5, 0.6) is 0 Å². The van der Waals surface area contributed by atoms with E-state index < -0.39 is 11.8 Å². The van der Waals surface area contributed by atoms with Crippen LogP contribution in [0.2, 0.25) is 0 Å². The van der Waals surface area contributed by atoms with Crippen LogP contribution in [0.15, 0.2) is 24.3 Å². The summed E-state index contributed by atoms with van der Waals surface area (Å²) in [6.45, 7) is 8.20. The fraction of sp³-hybridized carbons (Fsp3) is 0.450. The van der Waals surface area contributed by atoms with Crippen LogP contribution in [0.3, 0.4) is 0 Å². The third-order valence-electron chi connectivity index (χ3n) is 4.57. The number of aryl methyl sites for hydroxylation is 3. The molecule has 2 atom stereocenters. The van der Waals surface area contributed by atoms with Crippen LogP contribution >= 0.6 is 0 Å². The lowest BCUT2D eigenvalue weighted by Crippen LogP contribution is -2.27. The Morgan fingerprint density at radius 3 is 2.42 bits per heavy atom. The van der Waals surface area contributed by atoms with Gasteiger partial charge in [-0.3, -0.25) is 14.4 Å². The normalized spacial score (nSPS) is 20.8. The summed E-state index contributed by atoms with van der Waals surface area (Å²) in [7, 11) is 0. The Morgan fingerprint density at radius 1 is 1.21 bits per heavy atom. The molecular formula is C20H25NO3. The van der Waals surface area contributed by atoms with Crippen molar-refractivity contribution in [2.24, 2.45) is 5.92 Å². The van der Waals surface area contributed by atoms with Gasteiger partial charge in [-0.2, -0.15) is 0 Å². The maximum absolute atomic E-state index is 12.8. The summed E-state index contributed by atoms with van der Waals surface area (Å²) in [5.41, 5.74) is 3.88. The maximum atomic E-state index is 12.8. The molecule has 24 heavy (non-hydrogen) atoms. The van der Waals surface area contributed by atoms with Gasteiger partial charge >= 0.3 is 0 Å². The van der Waals surface area contributed by atoms with Gasteiger partial charge < -0.3 is 5.32 Å². The molecule has 1 amide bonds. The van der Waals surface area contributed by atoms with Crippen LogP contribution in [0.25, 0.3) is 0 Å². The van der Waals surface area contributed by atoms with Gasteiger partial charge in [-0.1, -0.05) is 29.8 Å². The Bertz CT molecular complexity index is 680. The summed E-state index contributed by atoms with van der Waals surface area (Å²) in [6, 6.07) is 4.00. The number of hydrogen-bond donors (Lipinski definition) is 1. The third kappa shape index (κ3) is 3.81. The van der Waals surface area contributed by atoms with Crippen LogP contribution in [0, 0.1) is 26.7 Å². The van der Waals surface area contributed by atoms with E-state index in [1.807, 2.05) is 52.0 Å². The highest BCUT2D eigenvalue weighted by molar-refractivity contribution is 6.15. The largest absolute Gasteiger partial charge is 0.353 e. The second kappa shape index (κ2) is 7.56. The van der Waals surface area contributed by atoms with Gasteiger partial charge in [0, 0.05) is 25.3 Å². The van der Waals surface area contributed by atoms with Crippen molar-refractivity contribution in [3.63, 3.8) is 0 Å². The van der Waals surface area contributed by atoms with E-state index in [0.717, 1.165) is 22.3 Å². The number of rotatable bonds is 5. The highest BCUT2D eigenvalue weighted by atomic mass is 16.2. The molecule has 4 heteroatoms. The van der Waals surface area contributed by atoms with Gasteiger partial charge in [0.2, 0.25) is 5.91 Å². The Labute approximate surface area is 143 Å². The molecule has 2 unspecified atom stereocenters. The third-order valence-corrected chi connectivity index (χ3v) is 4.57. The van der Waals surface area contributed by atoms with Crippen molar-refractivity contribution in [2.75, 3.05) is 6.54 Å². The van der Waals surface area contributed by atoms with Crippen molar-refractivity contribution in [1.29, 1.82) is 0 Å². The molecule has 0 spiro atoms. The van der Waals surface area contributed by atoms with Gasteiger partial charge in [-0.05, 0) is 44.4 Å². The summed E-state index contributed by atoms with van der Waals surface area (Å²) in [5, 5.41) is 2.74. The molecule has 0 aliphatic heterocycles. The predicted octanol–water partition coefficient (Wildman–Crippen LogP) is 2.94. The van der Waals surface area contributed by atoms with Gasteiger partial charge in [0.15, 0.2) is 5.78 Å². The minimum Gasteiger partial charge on any atom is -0.353 e. The number of carbonyl (C=O) groups excluding carboxylic acids is 3. The first-order chi connectivity index (χ1) is 11.3. The SMILES string of the molecule is C/C=C/CNC(=O)CC1CC(=O)C(c2c(C)cc(C)cc2C)C1=O. The molecule has 1 aliphatic rings. The van der Waals surface area contributed by atoms with Crippen molar-refractivity contribution in [3.05, 3.63) is 46.5 Å². The lowest BCUT2D eigenvalue weighted by atomic mass is 9.86. The molecule has 1 aromatic carbocycles. The van der Waals surface area contributed by atoms with E-state index in [0.29, 0.717) is 6.54 Å². The highest BCUT2D eigenvalue weighted by Crippen LogP contribution is 2.37. The quantitative estimate of drug-likeness (QED) is 0.668. The first kappa shape index (κ1) is 18.1. The first-order valence-electron chi connectivity index (χ1n) is 8.37. The van der Waals surface area contributed by atoms with Crippen molar-refractivity contribution < 1.29 is 14.4 Å². The number of ketones is 2. The number of allylic oxidation sites excluding steroid dienone is 1. The molecule has 128 valence electrons. The summed E-state index contributed by atoms with van der Waals surface area (Å²) < 4.78 is 0. The molecule has 0 saturated heterocycles. The summed E-state index contributed by atoms with van der Waals surface area (Å²) in [6.07, 6.45) is 3.93. The van der Waals surface area contributed by atoms with Crippen molar-refractivity contribution in [1.82, 2.24) is 5.32 Å². The van der Waals surface area contributed by atoms with E-state index in [1.54, 1.807) is 0 Å². The summed E-state index contributed by atoms with van der Waals surface area (Å²) in [5.74, 6) is -1.58. The van der Waals surface area contributed by atoms with Crippen LogP contribution < -0.4 is 5.32 Å². The molecule has 0 aromatic heterocycles. The topological polar surface area (TPSA) is 63.2 Å². The number of carbonyl (C=O) groups is 3. The number of benzene rings is 1. The minimum atomic E-state index is -0.709. The Morgan fingerprint density at radius 2 is 1.83 bits per heavy atom. The fourth-order valence-corrected chi connectivity index (χ4v) is 3.56. The minimum absolute atomic E-state index is 0.0682. The van der Waals surface area contributed by atoms with E-state index in [-0.39, 0.29) is 30.3 Å². The molecule has 1 fully saturated rings. The Kier molecular flexibility index (Phi) is 5.71. The Balaban J connectivity index is 2.16. The number of amides is 1. The second-order valence-electron chi connectivity index (χ2n) is 6.59. The molecule has 1 saturated carbocycles. The summed E-state index contributed by atoms with van der Waals surface area (Å²) >= 11 is 0. The van der Waals surface area contributed by atoms with Crippen LogP contribution in [0.4, 0.5) is 0 Å². The van der Waals surface area contributed by atoms with Crippen molar-refractivity contribution in [3.8, 4) is 0 Å². The summed E-state index contributed by atoms with van der Waals surface area (Å²) in [4.78, 5) is 37.2. The molecule has 2 rings (SSSR count). The van der Waals surface area contributed by atoms with Gasteiger partial charge in [0.1, 0.15) is 11.7 Å². The maximum Gasteiger partial charge on any atom is 0.220 e. The monoisotopic (exact) mass is 327 g/mol. The standard InChI is InChI=1S/C20H25NO3/c1-5-6-7-21-17(23)11-15-10-16(22)19(20(15)24)18-13(3)8-12(2)9-14(18)4/h5-6,8-9,15,19H,7,10-11H2,1-4H3,(H,21,23)/b6-5+. The van der Waals surface area contributed by atoms with E-state index >= 15 is 0 Å². The molecule has 0 bridgehead atoms. The van der Waals surface area contributed by atoms with Gasteiger partial charge in [-0.25, -0.2) is 0 Å². The van der Waals surface area contributed by atoms with E-state index in [4.69, 9.17) is 0 Å². The zero-order valence-electron chi connectivity index (χ0n) is 14.8. The van der Waals surface area contributed by atoms with Gasteiger partial charge in [-0.15, -0.1) is 0 Å². The zero-order chi connectivity index (χ0) is 17.9. The molecule has 0 heterocycles. The van der Waals surface area contributed by atoms with Crippen LogP contribution in [-0.4, -0.2) is 24.0 Å². The molecule has 1 aliphatic carbocycles. The predicted molar refractivity (Wildman–Crippen MR) is 94.0 cm³/mol. The molecule has 1 N–H and O–H groups in total. The average Bonchev–Trinajstić information content (AvgIpc) is 2.74. The molecule has 4 nitrogen and oxygen atoms in total. The Hall–Kier alpha value is -2.23. The number of Topliss-reactive ketones (excluding diaryl/α,β-unsaturated/α-hetero) is 2. The van der Waals surface area contributed by atoms with Crippen LogP contribution in [-0.2, 0) is 14.4 Å². The average molecular weight is 327 g/mol. The van der Waals surface area contributed by atoms with Crippen molar-refractivity contribution in [2.45, 2.75) is 46.5 Å². The van der Waals surface area contributed by atoms with E-state index in [1.165, 1.54) is 0 Å². The van der Waals surface area contributed by atoms with Gasteiger partial charge in [0.05, 0.1) is 0 Å². The second-order valence-corrected chi connectivity index (χ2v) is 6.59. The first-order valence-corrected chi connectivity index (χ1v) is 8.37. The van der Waals surface area contributed by atoms with Crippen molar-refractivity contribution >= 4 is 17.5 Å². The van der Waals surface area contributed by atoms with E-state index in [9.17, 15) is 14.4 Å². The molecule has 1 aromatic rings. The number of hydrogen-bond acceptors (Lipinski definition) is 3. The molecular weight excluding hydrogens is 302 g/mol. The van der Waals surface area contributed by atoms with E-state index in [2.05, 4.69) is 5.32 Å². The lowest BCUT2D eigenvalue weighted by molar-refractivity contribution is -0.128. The highest BCUT2D eigenvalue weighted by Gasteiger charge is 2.43. The smallest absolute Gasteiger partial charge is 0.220 e. The number of nitrogens with one attached hydrogen (secondary N) is 1. The lowest BCUT2D eigenvalue weighted by Gasteiger charge is -2.16. The van der Waals surface area contributed by atoms with Crippen LogP contribution in [0.1, 0.15) is 47.9 Å². The van der Waals surface area contributed by atoms with Gasteiger partial charge in [0.25, 0.3) is 0 Å². The fourth-order valence-electron chi connectivity index (χ4n) is 3.56. The zero-order valence-corrected chi connectivity index (χ0v) is 14.8.